The van der Waals surface area contributed by atoms with Crippen LogP contribution in [0, 0.1) is 11.6 Å². The summed E-state index contributed by atoms with van der Waals surface area (Å²) in [7, 11) is 0. The zero-order valence-corrected chi connectivity index (χ0v) is 15.6. The van der Waals surface area contributed by atoms with Gasteiger partial charge in [-0.2, -0.15) is 5.10 Å². The van der Waals surface area contributed by atoms with Gasteiger partial charge in [-0.25, -0.2) is 18.3 Å². The number of carboxylic acids is 1. The Bertz CT molecular complexity index is 1200. The second kappa shape index (κ2) is 7.51. The highest BCUT2D eigenvalue weighted by Gasteiger charge is 2.38. The van der Waals surface area contributed by atoms with Crippen LogP contribution in [0.15, 0.2) is 60.7 Å². The quantitative estimate of drug-likeness (QED) is 0.512. The molecule has 2 aromatic carbocycles. The van der Waals surface area contributed by atoms with Gasteiger partial charge in [-0.3, -0.25) is 4.79 Å². The number of aromatic carboxylic acids is 1. The molecule has 7 heteroatoms. The highest BCUT2D eigenvalue weighted by atomic mass is 19.2. The third-order valence-corrected chi connectivity index (χ3v) is 5.26. The lowest BCUT2D eigenvalue weighted by atomic mass is 9.68. The zero-order chi connectivity index (χ0) is 21.3. The van der Waals surface area contributed by atoms with E-state index in [1.54, 1.807) is 12.2 Å². The molecule has 1 heterocycles. The molecule has 30 heavy (non-hydrogen) atoms. The van der Waals surface area contributed by atoms with E-state index in [4.69, 9.17) is 0 Å². The van der Waals surface area contributed by atoms with Gasteiger partial charge in [-0.1, -0.05) is 48.6 Å². The molecular formula is C23H16F2N2O3. The van der Waals surface area contributed by atoms with Crippen LogP contribution in [0.25, 0.3) is 12.3 Å². The number of carbonyl (C=O) groups excluding carboxylic acids is 1. The van der Waals surface area contributed by atoms with Crippen molar-refractivity contribution < 1.29 is 23.5 Å². The highest BCUT2D eigenvalue weighted by molar-refractivity contribution is 5.91. The molecule has 3 aromatic rings. The molecule has 150 valence electrons. The number of carboxylic acid groups (broad SMARTS) is 1. The fraction of sp³-hybridized carbons (Fsp3) is 0.0870. The number of allylic oxidation sites excluding steroid dienone is 2. The Hall–Kier alpha value is -3.87. The van der Waals surface area contributed by atoms with E-state index in [1.165, 1.54) is 23.0 Å². The van der Waals surface area contributed by atoms with Crippen LogP contribution < -0.4 is 0 Å². The van der Waals surface area contributed by atoms with Gasteiger partial charge in [0, 0.05) is 23.6 Å². The Morgan fingerprint density at radius 2 is 1.87 bits per heavy atom. The lowest BCUT2D eigenvalue weighted by Crippen LogP contribution is -2.31. The first kappa shape index (κ1) is 19.4. The van der Waals surface area contributed by atoms with Crippen LogP contribution in [-0.2, 0) is 16.6 Å². The van der Waals surface area contributed by atoms with Gasteiger partial charge in [0.25, 0.3) is 0 Å². The van der Waals surface area contributed by atoms with E-state index < -0.39 is 23.0 Å². The number of hydrogen-bond acceptors (Lipinski definition) is 3. The zero-order valence-electron chi connectivity index (χ0n) is 15.6. The van der Waals surface area contributed by atoms with Gasteiger partial charge in [0.15, 0.2) is 17.3 Å². The molecule has 1 aliphatic carbocycles. The van der Waals surface area contributed by atoms with Gasteiger partial charge < -0.3 is 5.11 Å². The molecule has 0 spiro atoms. The van der Waals surface area contributed by atoms with Crippen LogP contribution in [0.1, 0.15) is 32.9 Å². The first-order chi connectivity index (χ1) is 14.5. The Kier molecular flexibility index (Phi) is 4.87. The SMILES string of the molecule is O=CC=Cn1nc(C(=O)O)c2c1CC(c1ccccc1)(c1ccc(F)c(F)c1)C=C2. The average molecular weight is 406 g/mol. The summed E-state index contributed by atoms with van der Waals surface area (Å²) in [6.45, 7) is 0. The Balaban J connectivity index is 1.96. The third-order valence-electron chi connectivity index (χ3n) is 5.26. The molecule has 0 fully saturated rings. The molecule has 0 amide bonds. The van der Waals surface area contributed by atoms with Crippen molar-refractivity contribution in [1.82, 2.24) is 9.78 Å². The number of halogens is 2. The van der Waals surface area contributed by atoms with Crippen molar-refractivity contribution in [2.75, 3.05) is 0 Å². The summed E-state index contributed by atoms with van der Waals surface area (Å²) in [5.41, 5.74) is 1.25. The van der Waals surface area contributed by atoms with Crippen molar-refractivity contribution >= 4 is 24.5 Å². The van der Waals surface area contributed by atoms with E-state index in [-0.39, 0.29) is 12.1 Å². The molecule has 0 radical (unpaired) electrons. The molecule has 1 N–H and O–H groups in total. The number of hydrogen-bond donors (Lipinski definition) is 1. The lowest BCUT2D eigenvalue weighted by molar-refractivity contribution is -0.104. The number of fused-ring (bicyclic) bond motifs is 1. The number of carbonyl (C=O) groups is 2. The minimum atomic E-state index is -1.20. The van der Waals surface area contributed by atoms with Gasteiger partial charge in [0.1, 0.15) is 6.29 Å². The van der Waals surface area contributed by atoms with Crippen LogP contribution in [-0.4, -0.2) is 27.1 Å². The van der Waals surface area contributed by atoms with Crippen molar-refractivity contribution in [2.24, 2.45) is 0 Å². The maximum Gasteiger partial charge on any atom is 0.357 e. The molecule has 1 unspecified atom stereocenters. The van der Waals surface area contributed by atoms with E-state index in [0.29, 0.717) is 23.1 Å². The lowest BCUT2D eigenvalue weighted by Gasteiger charge is -2.35. The molecule has 1 aliphatic rings. The molecule has 1 atom stereocenters. The number of nitrogens with zero attached hydrogens (tertiary/aromatic N) is 2. The fourth-order valence-corrected chi connectivity index (χ4v) is 3.85. The van der Waals surface area contributed by atoms with Crippen LogP contribution in [0.4, 0.5) is 8.78 Å². The monoisotopic (exact) mass is 406 g/mol. The molecule has 4 rings (SSSR count). The van der Waals surface area contributed by atoms with Crippen LogP contribution >= 0.6 is 0 Å². The fourth-order valence-electron chi connectivity index (χ4n) is 3.85. The van der Waals surface area contributed by atoms with E-state index in [0.717, 1.165) is 17.7 Å². The molecule has 0 bridgehead atoms. The Labute approximate surface area is 170 Å². The topological polar surface area (TPSA) is 72.2 Å². The van der Waals surface area contributed by atoms with E-state index in [2.05, 4.69) is 5.10 Å². The predicted octanol–water partition coefficient (Wildman–Crippen LogP) is 4.08. The largest absolute Gasteiger partial charge is 0.476 e. The Morgan fingerprint density at radius 1 is 1.10 bits per heavy atom. The molecule has 5 nitrogen and oxygen atoms in total. The van der Waals surface area contributed by atoms with Crippen LogP contribution in [0.2, 0.25) is 0 Å². The highest BCUT2D eigenvalue weighted by Crippen LogP contribution is 2.42. The summed E-state index contributed by atoms with van der Waals surface area (Å²) in [5.74, 6) is -3.12. The van der Waals surface area contributed by atoms with Gasteiger partial charge in [0.2, 0.25) is 0 Å². The normalized spacial score (nSPS) is 17.8. The first-order valence-corrected chi connectivity index (χ1v) is 9.13. The molecule has 0 aliphatic heterocycles. The molecule has 0 saturated carbocycles. The third kappa shape index (κ3) is 3.14. The van der Waals surface area contributed by atoms with Crippen molar-refractivity contribution in [3.63, 3.8) is 0 Å². The van der Waals surface area contributed by atoms with E-state index in [1.807, 2.05) is 30.3 Å². The summed E-state index contributed by atoms with van der Waals surface area (Å²) in [4.78, 5) is 22.4. The van der Waals surface area contributed by atoms with E-state index in [9.17, 15) is 23.5 Å². The molecular weight excluding hydrogens is 390 g/mol. The number of benzene rings is 2. The maximum atomic E-state index is 14.1. The summed E-state index contributed by atoms with van der Waals surface area (Å²) in [6.07, 6.45) is 6.80. The van der Waals surface area contributed by atoms with Gasteiger partial charge >= 0.3 is 5.97 Å². The standard InChI is InChI=1S/C23H16F2N2O3/c24-18-8-7-16(13-19(18)25)23(15-5-2-1-3-6-15)10-9-17-20(14-23)27(11-4-12-28)26-21(17)22(29)30/h1-13H,14H2,(H,29,30). The first-order valence-electron chi connectivity index (χ1n) is 9.13. The van der Waals surface area contributed by atoms with Crippen LogP contribution in [0.5, 0.6) is 0 Å². The average Bonchev–Trinajstić information content (AvgIpc) is 3.12. The van der Waals surface area contributed by atoms with Crippen molar-refractivity contribution in [2.45, 2.75) is 11.8 Å². The van der Waals surface area contributed by atoms with Gasteiger partial charge in [-0.15, -0.1) is 0 Å². The van der Waals surface area contributed by atoms with Crippen molar-refractivity contribution in [3.8, 4) is 0 Å². The van der Waals surface area contributed by atoms with Gasteiger partial charge in [0.05, 0.1) is 5.69 Å². The number of aldehydes is 1. The number of aromatic nitrogens is 2. The summed E-state index contributed by atoms with van der Waals surface area (Å²) in [6, 6.07) is 13.0. The summed E-state index contributed by atoms with van der Waals surface area (Å²) in [5, 5.41) is 13.6. The summed E-state index contributed by atoms with van der Waals surface area (Å²) < 4.78 is 29.1. The second-order valence-corrected chi connectivity index (χ2v) is 6.91. The van der Waals surface area contributed by atoms with Crippen molar-refractivity contribution in [1.29, 1.82) is 0 Å². The predicted molar refractivity (Wildman–Crippen MR) is 107 cm³/mol. The van der Waals surface area contributed by atoms with Crippen LogP contribution in [0.3, 0.4) is 0 Å². The minimum Gasteiger partial charge on any atom is -0.476 e. The smallest absolute Gasteiger partial charge is 0.357 e. The Morgan fingerprint density at radius 3 is 2.53 bits per heavy atom. The molecule has 1 aromatic heterocycles. The van der Waals surface area contributed by atoms with Crippen molar-refractivity contribution in [3.05, 3.63) is 100 Å². The minimum absolute atomic E-state index is 0.149. The van der Waals surface area contributed by atoms with E-state index >= 15 is 0 Å². The summed E-state index contributed by atoms with van der Waals surface area (Å²) >= 11 is 0. The maximum absolute atomic E-state index is 14.1. The number of rotatable bonds is 5. The second-order valence-electron chi connectivity index (χ2n) is 6.91. The van der Waals surface area contributed by atoms with Gasteiger partial charge in [-0.05, 0) is 29.3 Å². The molecule has 0 saturated heterocycles.